The van der Waals surface area contributed by atoms with Crippen molar-refractivity contribution >= 4 is 18.2 Å². The van der Waals surface area contributed by atoms with E-state index >= 15 is 0 Å². The van der Waals surface area contributed by atoms with Crippen LogP contribution >= 0.6 is 0 Å². The summed E-state index contributed by atoms with van der Waals surface area (Å²) in [5.74, 6) is 0.323. The van der Waals surface area contributed by atoms with Gasteiger partial charge in [0.05, 0.1) is 13.7 Å². The number of benzene rings is 1. The minimum absolute atomic E-state index is 0.0685. The summed E-state index contributed by atoms with van der Waals surface area (Å²) >= 11 is 0. The monoisotopic (exact) mass is 354 g/mol. The highest BCUT2D eigenvalue weighted by atomic mass is 16.5. The van der Waals surface area contributed by atoms with Crippen molar-refractivity contribution in [3.8, 4) is 5.75 Å². The van der Waals surface area contributed by atoms with Gasteiger partial charge in [-0.2, -0.15) is 0 Å². The van der Waals surface area contributed by atoms with E-state index < -0.39 is 11.6 Å². The summed E-state index contributed by atoms with van der Waals surface area (Å²) in [4.78, 5) is 41.7. The number of carbonyl (C=O) groups is 3. The van der Waals surface area contributed by atoms with Crippen LogP contribution in [-0.4, -0.2) is 41.8 Å². The number of hydrogen-bond acceptors (Lipinski definition) is 5. The first-order valence-corrected chi connectivity index (χ1v) is 7.90. The highest BCUT2D eigenvalue weighted by Crippen LogP contribution is 2.29. The van der Waals surface area contributed by atoms with Gasteiger partial charge in [-0.25, -0.2) is 4.79 Å². The lowest BCUT2D eigenvalue weighted by Crippen LogP contribution is -2.56. The maximum absolute atomic E-state index is 12.8. The van der Waals surface area contributed by atoms with Gasteiger partial charge in [-0.3, -0.25) is 9.78 Å². The fourth-order valence-corrected chi connectivity index (χ4v) is 3.08. The number of nitrogens with two attached hydrogens (primary N) is 1. The topological polar surface area (TPSA) is 115 Å². The molecule has 0 radical (unpaired) electrons. The van der Waals surface area contributed by atoms with Crippen molar-refractivity contribution in [3.05, 3.63) is 59.4 Å². The summed E-state index contributed by atoms with van der Waals surface area (Å²) in [7, 11) is 1.52. The Hall–Kier alpha value is -3.42. The molecule has 26 heavy (non-hydrogen) atoms. The molecule has 2 heterocycles. The maximum Gasteiger partial charge on any atom is 0.313 e. The largest absolute Gasteiger partial charge is 0.497 e. The molecule has 1 aromatic heterocycles. The average Bonchev–Trinajstić information content (AvgIpc) is 2.96. The molecular formula is C18H18N4O4. The molecule has 0 aliphatic carbocycles. The molecule has 1 aliphatic rings. The minimum atomic E-state index is -1.48. The lowest BCUT2D eigenvalue weighted by atomic mass is 9.92. The number of aldehydes is 1. The van der Waals surface area contributed by atoms with Crippen molar-refractivity contribution < 1.29 is 19.1 Å². The zero-order valence-corrected chi connectivity index (χ0v) is 14.1. The molecule has 1 aromatic carbocycles. The number of rotatable bonds is 6. The van der Waals surface area contributed by atoms with Gasteiger partial charge in [0, 0.05) is 30.1 Å². The smallest absolute Gasteiger partial charge is 0.313 e. The van der Waals surface area contributed by atoms with Crippen molar-refractivity contribution in [2.45, 2.75) is 12.1 Å². The Morgan fingerprint density at radius 1 is 1.46 bits per heavy atom. The van der Waals surface area contributed by atoms with Gasteiger partial charge in [0.15, 0.2) is 6.29 Å². The van der Waals surface area contributed by atoms with E-state index in [9.17, 15) is 14.4 Å². The van der Waals surface area contributed by atoms with Gasteiger partial charge in [0.2, 0.25) is 0 Å². The molecule has 8 nitrogen and oxygen atoms in total. The molecule has 3 rings (SSSR count). The highest BCUT2D eigenvalue weighted by molar-refractivity contribution is 5.99. The molecule has 134 valence electrons. The number of primary amides is 1. The lowest BCUT2D eigenvalue weighted by molar-refractivity contribution is -0.113. The lowest BCUT2D eigenvalue weighted by Gasteiger charge is -2.32. The SMILES string of the molecule is COc1ccc2c(c1)C(=O)N(CC(C=O)(NC(N)=O)c1cccnc1)C2. The predicted molar refractivity (Wildman–Crippen MR) is 92.4 cm³/mol. The van der Waals surface area contributed by atoms with Gasteiger partial charge >= 0.3 is 6.03 Å². The van der Waals surface area contributed by atoms with E-state index in [1.807, 2.05) is 0 Å². The van der Waals surface area contributed by atoms with Crippen LogP contribution in [0.3, 0.4) is 0 Å². The van der Waals surface area contributed by atoms with Crippen LogP contribution in [-0.2, 0) is 16.9 Å². The average molecular weight is 354 g/mol. The third kappa shape index (κ3) is 3.08. The number of fused-ring (bicyclic) bond motifs is 1. The van der Waals surface area contributed by atoms with Crippen molar-refractivity contribution in [1.82, 2.24) is 15.2 Å². The van der Waals surface area contributed by atoms with Crippen LogP contribution in [0.25, 0.3) is 0 Å². The summed E-state index contributed by atoms with van der Waals surface area (Å²) in [6.45, 7) is 0.245. The maximum atomic E-state index is 12.8. The van der Waals surface area contributed by atoms with Crippen LogP contribution in [0, 0.1) is 0 Å². The predicted octanol–water partition coefficient (Wildman–Crippen LogP) is 0.809. The molecule has 0 bridgehead atoms. The van der Waals surface area contributed by atoms with Gasteiger partial charge in [-0.15, -0.1) is 0 Å². The third-order valence-electron chi connectivity index (χ3n) is 4.36. The van der Waals surface area contributed by atoms with Gasteiger partial charge in [0.1, 0.15) is 11.3 Å². The number of carbonyl (C=O) groups excluding carboxylic acids is 3. The van der Waals surface area contributed by atoms with E-state index in [1.165, 1.54) is 18.2 Å². The van der Waals surface area contributed by atoms with Gasteiger partial charge in [0.25, 0.3) is 5.91 Å². The summed E-state index contributed by atoms with van der Waals surface area (Å²) in [5.41, 5.74) is 5.56. The van der Waals surface area contributed by atoms with Crippen LogP contribution in [0.15, 0.2) is 42.7 Å². The van der Waals surface area contributed by atoms with Crippen LogP contribution in [0.5, 0.6) is 5.75 Å². The summed E-state index contributed by atoms with van der Waals surface area (Å²) in [5, 5.41) is 2.47. The first-order chi connectivity index (χ1) is 12.5. The van der Waals surface area contributed by atoms with E-state index in [-0.39, 0.29) is 12.5 Å². The molecule has 2 aromatic rings. The first-order valence-electron chi connectivity index (χ1n) is 7.90. The fraction of sp³-hybridized carbons (Fsp3) is 0.222. The second kappa shape index (κ2) is 6.83. The Morgan fingerprint density at radius 3 is 2.88 bits per heavy atom. The van der Waals surface area contributed by atoms with Gasteiger partial charge in [-0.05, 0) is 23.8 Å². The Bertz CT molecular complexity index is 856. The number of pyridine rings is 1. The Balaban J connectivity index is 1.94. The molecule has 1 atom stereocenters. The molecule has 1 aliphatic heterocycles. The van der Waals surface area contributed by atoms with Crippen molar-refractivity contribution in [2.24, 2.45) is 5.73 Å². The van der Waals surface area contributed by atoms with E-state index in [0.717, 1.165) is 5.56 Å². The zero-order chi connectivity index (χ0) is 18.7. The van der Waals surface area contributed by atoms with E-state index in [4.69, 9.17) is 10.5 Å². The number of nitrogens with zero attached hydrogens (tertiary/aromatic N) is 2. The third-order valence-corrected chi connectivity index (χ3v) is 4.36. The highest BCUT2D eigenvalue weighted by Gasteiger charge is 2.40. The zero-order valence-electron chi connectivity index (χ0n) is 14.1. The normalized spacial score (nSPS) is 15.1. The number of aromatic nitrogens is 1. The van der Waals surface area contributed by atoms with E-state index in [1.54, 1.807) is 36.5 Å². The van der Waals surface area contributed by atoms with Crippen molar-refractivity contribution in [1.29, 1.82) is 0 Å². The fourth-order valence-electron chi connectivity index (χ4n) is 3.08. The van der Waals surface area contributed by atoms with Gasteiger partial charge in [-0.1, -0.05) is 12.1 Å². The number of hydrogen-bond donors (Lipinski definition) is 2. The summed E-state index contributed by atoms with van der Waals surface area (Å²) in [6, 6.07) is 7.65. The molecule has 0 spiro atoms. The van der Waals surface area contributed by atoms with Crippen LogP contribution in [0.4, 0.5) is 4.79 Å². The molecule has 0 saturated heterocycles. The van der Waals surface area contributed by atoms with Crippen LogP contribution in [0.1, 0.15) is 21.5 Å². The minimum Gasteiger partial charge on any atom is -0.497 e. The summed E-state index contributed by atoms with van der Waals surface area (Å²) in [6.07, 6.45) is 3.58. The number of urea groups is 1. The van der Waals surface area contributed by atoms with Crippen molar-refractivity contribution in [2.75, 3.05) is 13.7 Å². The second-order valence-corrected chi connectivity index (χ2v) is 6.00. The molecule has 1 unspecified atom stereocenters. The first kappa shape index (κ1) is 17.4. The number of methoxy groups -OCH3 is 1. The standard InChI is InChI=1S/C18H18N4O4/c1-26-14-5-4-12-9-22(16(24)15(12)7-14)10-18(11-23,21-17(19)25)13-3-2-6-20-8-13/h2-8,11H,9-10H2,1H3,(H3,19,21,25). The molecule has 3 amide bonds. The second-order valence-electron chi connectivity index (χ2n) is 6.00. The van der Waals surface area contributed by atoms with E-state index in [0.29, 0.717) is 29.7 Å². The molecule has 3 N–H and O–H groups in total. The Labute approximate surface area is 150 Å². The van der Waals surface area contributed by atoms with E-state index in [2.05, 4.69) is 10.3 Å². The molecule has 8 heteroatoms. The molecular weight excluding hydrogens is 336 g/mol. The Kier molecular flexibility index (Phi) is 4.57. The van der Waals surface area contributed by atoms with Gasteiger partial charge < -0.3 is 25.5 Å². The number of amides is 3. The summed E-state index contributed by atoms with van der Waals surface area (Å²) < 4.78 is 5.16. The number of nitrogens with one attached hydrogen (secondary N) is 1. The number of ether oxygens (including phenoxy) is 1. The molecule has 0 fully saturated rings. The van der Waals surface area contributed by atoms with Crippen molar-refractivity contribution in [3.63, 3.8) is 0 Å². The quantitative estimate of drug-likeness (QED) is 0.745. The Morgan fingerprint density at radius 2 is 2.27 bits per heavy atom. The molecule has 0 saturated carbocycles. The van der Waals surface area contributed by atoms with Crippen LogP contribution in [0.2, 0.25) is 0 Å². The van der Waals surface area contributed by atoms with Crippen LogP contribution < -0.4 is 15.8 Å².